The van der Waals surface area contributed by atoms with Crippen LogP contribution in [0.4, 0.5) is 5.69 Å². The maximum Gasteiger partial charge on any atom is 0.269 e. The van der Waals surface area contributed by atoms with Gasteiger partial charge in [0.1, 0.15) is 0 Å². The number of nitro groups is 1. The Morgan fingerprint density at radius 3 is 2.35 bits per heavy atom. The fourth-order valence-electron chi connectivity index (χ4n) is 3.95. The van der Waals surface area contributed by atoms with E-state index < -0.39 is 0 Å². The third-order valence-electron chi connectivity index (χ3n) is 5.56. The van der Waals surface area contributed by atoms with E-state index in [1.165, 1.54) is 6.07 Å². The van der Waals surface area contributed by atoms with Crippen LogP contribution in [0.1, 0.15) is 27.3 Å². The van der Waals surface area contributed by atoms with Crippen molar-refractivity contribution in [2.45, 2.75) is 20.4 Å². The van der Waals surface area contributed by atoms with Crippen LogP contribution in [0.15, 0.2) is 54.6 Å². The highest BCUT2D eigenvalue weighted by molar-refractivity contribution is 5.94. The first kappa shape index (κ1) is 20.7. The van der Waals surface area contributed by atoms with Crippen LogP contribution in [0.5, 0.6) is 0 Å². The molecule has 4 rings (SSSR count). The zero-order valence-corrected chi connectivity index (χ0v) is 17.7. The van der Waals surface area contributed by atoms with Gasteiger partial charge in [-0.15, -0.1) is 0 Å². The Hall–Kier alpha value is -3.52. The fraction of sp³-hybridized carbons (Fsp3) is 0.304. The molecule has 0 saturated carbocycles. The number of nitrogens with zero attached hydrogens (tertiary/aromatic N) is 5. The number of rotatable bonds is 5. The topological polar surface area (TPSA) is 84.5 Å². The second-order valence-corrected chi connectivity index (χ2v) is 7.88. The summed E-state index contributed by atoms with van der Waals surface area (Å²) in [7, 11) is 0. The Labute approximate surface area is 180 Å². The molecule has 0 atom stereocenters. The van der Waals surface area contributed by atoms with Gasteiger partial charge >= 0.3 is 0 Å². The van der Waals surface area contributed by atoms with Gasteiger partial charge in [0.25, 0.3) is 11.6 Å². The summed E-state index contributed by atoms with van der Waals surface area (Å²) in [5.41, 5.74) is 4.63. The van der Waals surface area contributed by atoms with E-state index in [9.17, 15) is 14.9 Å². The van der Waals surface area contributed by atoms with Crippen LogP contribution in [0.25, 0.3) is 5.69 Å². The van der Waals surface area contributed by atoms with Crippen molar-refractivity contribution in [3.05, 3.63) is 87.2 Å². The number of hydrogen-bond donors (Lipinski definition) is 0. The molecule has 0 unspecified atom stereocenters. The monoisotopic (exact) mass is 419 g/mol. The maximum atomic E-state index is 12.9. The molecule has 0 N–H and O–H groups in total. The first-order chi connectivity index (χ1) is 14.9. The van der Waals surface area contributed by atoms with Crippen molar-refractivity contribution in [2.24, 2.45) is 0 Å². The predicted molar refractivity (Wildman–Crippen MR) is 117 cm³/mol. The zero-order valence-electron chi connectivity index (χ0n) is 17.7. The molecule has 1 saturated heterocycles. The van der Waals surface area contributed by atoms with Crippen molar-refractivity contribution >= 4 is 11.6 Å². The summed E-state index contributed by atoms with van der Waals surface area (Å²) in [6, 6.07) is 16.3. The van der Waals surface area contributed by atoms with Crippen molar-refractivity contribution < 1.29 is 9.72 Å². The minimum absolute atomic E-state index is 0.0231. The van der Waals surface area contributed by atoms with Gasteiger partial charge in [-0.3, -0.25) is 19.8 Å². The molecule has 2 aromatic carbocycles. The molecular weight excluding hydrogens is 394 g/mol. The molecule has 0 bridgehead atoms. The molecule has 0 radical (unpaired) electrons. The number of hydrogen-bond acceptors (Lipinski definition) is 5. The van der Waals surface area contributed by atoms with E-state index in [0.29, 0.717) is 25.2 Å². The smallest absolute Gasteiger partial charge is 0.269 e. The summed E-state index contributed by atoms with van der Waals surface area (Å²) in [4.78, 5) is 27.6. The minimum Gasteiger partial charge on any atom is -0.336 e. The van der Waals surface area contributed by atoms with Gasteiger partial charge in [-0.25, -0.2) is 4.68 Å². The fourth-order valence-corrected chi connectivity index (χ4v) is 3.95. The number of benzene rings is 2. The Kier molecular flexibility index (Phi) is 5.81. The van der Waals surface area contributed by atoms with Gasteiger partial charge in [0.05, 0.1) is 16.3 Å². The van der Waals surface area contributed by atoms with Crippen LogP contribution in [0.2, 0.25) is 0 Å². The van der Waals surface area contributed by atoms with Crippen LogP contribution in [0, 0.1) is 24.0 Å². The van der Waals surface area contributed by atoms with E-state index in [1.54, 1.807) is 12.1 Å². The third-order valence-corrected chi connectivity index (χ3v) is 5.56. The summed E-state index contributed by atoms with van der Waals surface area (Å²) >= 11 is 0. The molecule has 3 aromatic rings. The number of aromatic nitrogens is 2. The highest BCUT2D eigenvalue weighted by Crippen LogP contribution is 2.18. The van der Waals surface area contributed by atoms with Gasteiger partial charge in [-0.05, 0) is 49.7 Å². The van der Waals surface area contributed by atoms with E-state index >= 15 is 0 Å². The highest BCUT2D eigenvalue weighted by Gasteiger charge is 2.22. The molecule has 1 fully saturated rings. The number of aryl methyl sites for hydroxylation is 2. The maximum absolute atomic E-state index is 12.9. The number of non-ortho nitro benzene ring substituents is 1. The minimum atomic E-state index is -0.375. The lowest BCUT2D eigenvalue weighted by Gasteiger charge is -2.34. The predicted octanol–water partition coefficient (Wildman–Crippen LogP) is 3.36. The van der Waals surface area contributed by atoms with Crippen LogP contribution in [-0.4, -0.2) is 56.6 Å². The Bertz CT molecular complexity index is 1100. The van der Waals surface area contributed by atoms with Crippen LogP contribution in [0.3, 0.4) is 0 Å². The largest absolute Gasteiger partial charge is 0.336 e. The van der Waals surface area contributed by atoms with Gasteiger partial charge in [-0.2, -0.15) is 5.10 Å². The number of nitro benzene ring substituents is 1. The molecule has 1 aromatic heterocycles. The molecular formula is C23H25N5O3. The van der Waals surface area contributed by atoms with Crippen molar-refractivity contribution in [3.8, 4) is 5.69 Å². The highest BCUT2D eigenvalue weighted by atomic mass is 16.6. The molecule has 8 heteroatoms. The average Bonchev–Trinajstić information content (AvgIpc) is 3.12. The summed E-state index contributed by atoms with van der Waals surface area (Å²) in [6.07, 6.45) is 0. The van der Waals surface area contributed by atoms with Crippen molar-refractivity contribution in [3.63, 3.8) is 0 Å². The molecule has 8 nitrogen and oxygen atoms in total. The second kappa shape index (κ2) is 8.69. The lowest BCUT2D eigenvalue weighted by molar-refractivity contribution is -0.384. The number of piperazine rings is 1. The molecule has 160 valence electrons. The van der Waals surface area contributed by atoms with Gasteiger partial charge in [0.15, 0.2) is 0 Å². The first-order valence-corrected chi connectivity index (χ1v) is 10.3. The van der Waals surface area contributed by atoms with Crippen LogP contribution in [-0.2, 0) is 6.54 Å². The van der Waals surface area contributed by atoms with Gasteiger partial charge in [0, 0.05) is 56.1 Å². The van der Waals surface area contributed by atoms with Crippen molar-refractivity contribution in [1.29, 1.82) is 0 Å². The number of amides is 1. The molecule has 2 heterocycles. The van der Waals surface area contributed by atoms with E-state index in [4.69, 9.17) is 0 Å². The zero-order chi connectivity index (χ0) is 22.0. The van der Waals surface area contributed by atoms with E-state index in [0.717, 1.165) is 35.7 Å². The number of carbonyl (C=O) groups is 1. The molecule has 1 amide bonds. The lowest BCUT2D eigenvalue weighted by Crippen LogP contribution is -2.48. The summed E-state index contributed by atoms with van der Waals surface area (Å²) < 4.78 is 1.87. The molecule has 31 heavy (non-hydrogen) atoms. The van der Waals surface area contributed by atoms with Crippen LogP contribution >= 0.6 is 0 Å². The number of carbonyl (C=O) groups excluding carboxylic acids is 1. The standard InChI is InChI=1S/C23H25N5O3/c1-17-14-18(2)27(24-17)21-8-6-20(7-9-21)23(29)26-12-10-25(11-13-26)16-19-4-3-5-22(15-19)28(30)31/h3-9,14-15H,10-13,16H2,1-2H3. The summed E-state index contributed by atoms with van der Waals surface area (Å²) in [5, 5.41) is 15.4. The summed E-state index contributed by atoms with van der Waals surface area (Å²) in [6.45, 7) is 7.34. The lowest BCUT2D eigenvalue weighted by atomic mass is 10.1. The second-order valence-electron chi connectivity index (χ2n) is 7.88. The average molecular weight is 419 g/mol. The van der Waals surface area contributed by atoms with Crippen LogP contribution < -0.4 is 0 Å². The molecule has 0 spiro atoms. The normalized spacial score (nSPS) is 14.6. The van der Waals surface area contributed by atoms with Gasteiger partial charge in [0.2, 0.25) is 0 Å². The van der Waals surface area contributed by atoms with Crippen molar-refractivity contribution in [1.82, 2.24) is 19.6 Å². The third kappa shape index (κ3) is 4.64. The Morgan fingerprint density at radius 1 is 1.03 bits per heavy atom. The van der Waals surface area contributed by atoms with Gasteiger partial charge < -0.3 is 4.90 Å². The van der Waals surface area contributed by atoms with Crippen molar-refractivity contribution in [2.75, 3.05) is 26.2 Å². The van der Waals surface area contributed by atoms with E-state index in [-0.39, 0.29) is 16.5 Å². The molecule has 0 aliphatic carbocycles. The SMILES string of the molecule is Cc1cc(C)n(-c2ccc(C(=O)N3CCN(Cc4cccc([N+](=O)[O-])c4)CC3)cc2)n1. The summed E-state index contributed by atoms with van der Waals surface area (Å²) in [5.74, 6) is 0.0231. The van der Waals surface area contributed by atoms with E-state index in [2.05, 4.69) is 10.00 Å². The quantitative estimate of drug-likeness (QED) is 0.468. The van der Waals surface area contributed by atoms with Gasteiger partial charge in [-0.1, -0.05) is 12.1 Å². The Morgan fingerprint density at radius 2 is 1.74 bits per heavy atom. The molecule has 1 aliphatic heterocycles. The first-order valence-electron chi connectivity index (χ1n) is 10.3. The molecule has 1 aliphatic rings. The van der Waals surface area contributed by atoms with E-state index in [1.807, 2.05) is 59.8 Å². The Balaban J connectivity index is 1.35.